The van der Waals surface area contributed by atoms with Gasteiger partial charge in [-0.05, 0) is 26.3 Å². The van der Waals surface area contributed by atoms with Crippen LogP contribution < -0.4 is 5.32 Å². The highest BCUT2D eigenvalue weighted by Crippen LogP contribution is 2.14. The largest absolute Gasteiger partial charge is 0.444 e. The summed E-state index contributed by atoms with van der Waals surface area (Å²) in [6, 6.07) is 9.49. The Morgan fingerprint density at radius 1 is 1.07 bits per heavy atom. The van der Waals surface area contributed by atoms with Crippen molar-refractivity contribution in [3.8, 4) is 0 Å². The molecule has 9 heteroatoms. The van der Waals surface area contributed by atoms with Gasteiger partial charge in [-0.25, -0.2) is 9.78 Å². The van der Waals surface area contributed by atoms with Crippen LogP contribution >= 0.6 is 0 Å². The van der Waals surface area contributed by atoms with Gasteiger partial charge in [-0.2, -0.15) is 0 Å². The number of aromatic amines is 1. The summed E-state index contributed by atoms with van der Waals surface area (Å²) >= 11 is 0. The third-order valence-electron chi connectivity index (χ3n) is 4.58. The molecule has 1 aliphatic rings. The van der Waals surface area contributed by atoms with Gasteiger partial charge in [-0.15, -0.1) is 0 Å². The smallest absolute Gasteiger partial charge is 0.410 e. The number of benzene rings is 1. The monoisotopic (exact) mass is 413 g/mol. The van der Waals surface area contributed by atoms with E-state index < -0.39 is 17.6 Å². The van der Waals surface area contributed by atoms with E-state index in [0.717, 1.165) is 5.56 Å². The summed E-state index contributed by atoms with van der Waals surface area (Å²) in [5.74, 6) is -0.739. The molecular weight excluding hydrogens is 386 g/mol. The van der Waals surface area contributed by atoms with E-state index in [4.69, 9.17) is 4.74 Å². The van der Waals surface area contributed by atoms with E-state index >= 15 is 0 Å². The highest BCUT2D eigenvalue weighted by atomic mass is 16.6. The molecule has 0 spiro atoms. The third kappa shape index (κ3) is 5.37. The topological polar surface area (TPSA) is 108 Å². The van der Waals surface area contributed by atoms with E-state index in [1.807, 2.05) is 51.1 Å². The van der Waals surface area contributed by atoms with Crippen LogP contribution in [0.2, 0.25) is 0 Å². The Labute approximate surface area is 175 Å². The molecule has 0 aliphatic carbocycles. The van der Waals surface area contributed by atoms with Crippen molar-refractivity contribution < 1.29 is 19.1 Å². The van der Waals surface area contributed by atoms with E-state index in [2.05, 4.69) is 15.3 Å². The van der Waals surface area contributed by atoms with Crippen molar-refractivity contribution in [2.45, 2.75) is 32.9 Å². The number of carbonyl (C=O) groups excluding carboxylic acids is 3. The fourth-order valence-corrected chi connectivity index (χ4v) is 3.07. The fourth-order valence-electron chi connectivity index (χ4n) is 3.07. The summed E-state index contributed by atoms with van der Waals surface area (Å²) in [5, 5.41) is 2.78. The number of nitrogens with zero attached hydrogens (tertiary/aromatic N) is 3. The highest BCUT2D eigenvalue weighted by Gasteiger charge is 2.30. The average molecular weight is 413 g/mol. The number of carbonyl (C=O) groups is 3. The van der Waals surface area contributed by atoms with Crippen molar-refractivity contribution in [1.29, 1.82) is 0 Å². The summed E-state index contributed by atoms with van der Waals surface area (Å²) in [6.07, 6.45) is 0.943. The van der Waals surface area contributed by atoms with Gasteiger partial charge in [0.2, 0.25) is 0 Å². The van der Waals surface area contributed by atoms with Crippen LogP contribution in [0.1, 0.15) is 47.3 Å². The number of ether oxygens (including phenoxy) is 1. The summed E-state index contributed by atoms with van der Waals surface area (Å²) < 4.78 is 5.37. The van der Waals surface area contributed by atoms with Gasteiger partial charge in [0.05, 0.1) is 6.33 Å². The molecular formula is C21H27N5O4. The van der Waals surface area contributed by atoms with Gasteiger partial charge in [-0.1, -0.05) is 30.3 Å². The molecule has 0 bridgehead atoms. The van der Waals surface area contributed by atoms with Crippen molar-refractivity contribution in [3.63, 3.8) is 0 Å². The van der Waals surface area contributed by atoms with Crippen LogP contribution in [-0.2, 0) is 11.3 Å². The first-order valence-corrected chi connectivity index (χ1v) is 9.87. The number of hydrogen-bond acceptors (Lipinski definition) is 5. The molecule has 0 radical (unpaired) electrons. The van der Waals surface area contributed by atoms with Gasteiger partial charge < -0.3 is 24.8 Å². The molecule has 3 amide bonds. The van der Waals surface area contributed by atoms with Crippen LogP contribution in [0.25, 0.3) is 0 Å². The Morgan fingerprint density at radius 2 is 1.70 bits per heavy atom. The molecule has 1 saturated heterocycles. The molecule has 30 heavy (non-hydrogen) atoms. The lowest BCUT2D eigenvalue weighted by Crippen LogP contribution is -2.51. The lowest BCUT2D eigenvalue weighted by Gasteiger charge is -2.35. The summed E-state index contributed by atoms with van der Waals surface area (Å²) in [7, 11) is 0. The minimum absolute atomic E-state index is 0.0607. The summed E-state index contributed by atoms with van der Waals surface area (Å²) in [5.41, 5.74) is 0.589. The Balaban J connectivity index is 1.57. The summed E-state index contributed by atoms with van der Waals surface area (Å²) in [4.78, 5) is 47.6. The third-order valence-corrected chi connectivity index (χ3v) is 4.58. The molecule has 0 saturated carbocycles. The van der Waals surface area contributed by atoms with Crippen LogP contribution in [0.4, 0.5) is 4.79 Å². The van der Waals surface area contributed by atoms with Crippen LogP contribution in [0, 0.1) is 0 Å². The van der Waals surface area contributed by atoms with E-state index in [0.29, 0.717) is 32.7 Å². The first-order chi connectivity index (χ1) is 14.2. The SMILES string of the molecule is CC(C)(C)OC(=O)N1CCN(C(=O)c2[nH]cnc2C(=O)NCc2ccccc2)CC1. The van der Waals surface area contributed by atoms with Crippen molar-refractivity contribution in [3.05, 3.63) is 53.6 Å². The Morgan fingerprint density at radius 3 is 2.33 bits per heavy atom. The molecule has 1 aromatic heterocycles. The molecule has 2 heterocycles. The molecule has 160 valence electrons. The Kier molecular flexibility index (Phi) is 6.39. The normalized spacial score (nSPS) is 14.4. The zero-order valence-corrected chi connectivity index (χ0v) is 17.5. The minimum Gasteiger partial charge on any atom is -0.444 e. The van der Waals surface area contributed by atoms with Crippen LogP contribution in [0.15, 0.2) is 36.7 Å². The molecule has 1 aliphatic heterocycles. The number of aromatic nitrogens is 2. The molecule has 9 nitrogen and oxygen atoms in total. The van der Waals surface area contributed by atoms with Gasteiger partial charge in [0.1, 0.15) is 11.3 Å². The number of nitrogens with one attached hydrogen (secondary N) is 2. The fraction of sp³-hybridized carbons (Fsp3) is 0.429. The standard InChI is InChI=1S/C21H27N5O4/c1-21(2,3)30-20(29)26-11-9-25(10-12-26)19(28)17-16(23-14-24-17)18(27)22-13-15-7-5-4-6-8-15/h4-8,14H,9-13H2,1-3H3,(H,22,27)(H,23,24). The Bertz CT molecular complexity index is 896. The van der Waals surface area contributed by atoms with Crippen LogP contribution in [0.5, 0.6) is 0 Å². The number of hydrogen-bond donors (Lipinski definition) is 2. The quantitative estimate of drug-likeness (QED) is 0.798. The number of H-pyrrole nitrogens is 1. The van der Waals surface area contributed by atoms with Crippen molar-refractivity contribution in [1.82, 2.24) is 25.1 Å². The number of amides is 3. The molecule has 1 aromatic carbocycles. The maximum absolute atomic E-state index is 12.9. The molecule has 1 fully saturated rings. The molecule has 0 unspecified atom stereocenters. The number of piperazine rings is 1. The second kappa shape index (κ2) is 8.98. The lowest BCUT2D eigenvalue weighted by molar-refractivity contribution is 0.0140. The lowest BCUT2D eigenvalue weighted by atomic mass is 10.2. The zero-order valence-electron chi connectivity index (χ0n) is 17.5. The van der Waals surface area contributed by atoms with E-state index in [1.54, 1.807) is 9.80 Å². The van der Waals surface area contributed by atoms with Gasteiger partial charge in [0.25, 0.3) is 11.8 Å². The van der Waals surface area contributed by atoms with E-state index in [1.165, 1.54) is 6.33 Å². The average Bonchev–Trinajstić information content (AvgIpc) is 3.21. The van der Waals surface area contributed by atoms with Gasteiger partial charge in [0.15, 0.2) is 5.69 Å². The second-order valence-corrected chi connectivity index (χ2v) is 8.05. The second-order valence-electron chi connectivity index (χ2n) is 8.05. The number of rotatable bonds is 4. The van der Waals surface area contributed by atoms with Gasteiger partial charge in [0, 0.05) is 32.7 Å². The summed E-state index contributed by atoms with van der Waals surface area (Å²) in [6.45, 7) is 7.21. The van der Waals surface area contributed by atoms with Crippen molar-refractivity contribution in [2.24, 2.45) is 0 Å². The molecule has 2 aromatic rings. The maximum Gasteiger partial charge on any atom is 0.410 e. The Hall–Kier alpha value is -3.36. The van der Waals surface area contributed by atoms with Crippen molar-refractivity contribution in [2.75, 3.05) is 26.2 Å². The maximum atomic E-state index is 12.9. The first kappa shape index (κ1) is 21.4. The van der Waals surface area contributed by atoms with E-state index in [-0.39, 0.29) is 17.3 Å². The molecule has 3 rings (SSSR count). The van der Waals surface area contributed by atoms with Gasteiger partial charge in [-0.3, -0.25) is 9.59 Å². The van der Waals surface area contributed by atoms with Crippen molar-refractivity contribution >= 4 is 17.9 Å². The highest BCUT2D eigenvalue weighted by molar-refractivity contribution is 6.04. The van der Waals surface area contributed by atoms with Crippen LogP contribution in [0.3, 0.4) is 0 Å². The predicted octanol–water partition coefficient (Wildman–Crippen LogP) is 2.03. The van der Waals surface area contributed by atoms with Crippen LogP contribution in [-0.4, -0.2) is 69.5 Å². The number of imidazole rings is 1. The minimum atomic E-state index is -0.567. The zero-order chi connectivity index (χ0) is 21.7. The first-order valence-electron chi connectivity index (χ1n) is 9.87. The van der Waals surface area contributed by atoms with Gasteiger partial charge >= 0.3 is 6.09 Å². The predicted molar refractivity (Wildman–Crippen MR) is 110 cm³/mol. The molecule has 2 N–H and O–H groups in total. The molecule has 0 atom stereocenters. The van der Waals surface area contributed by atoms with E-state index in [9.17, 15) is 14.4 Å².